The molecule has 3 aliphatic heterocycles. The minimum Gasteiger partial charge on any atom is -0.380 e. The molecule has 4 rings (SSSR count). The average molecular weight is 306 g/mol. The van der Waals surface area contributed by atoms with Crippen LogP contribution in [0.3, 0.4) is 0 Å². The van der Waals surface area contributed by atoms with E-state index in [4.69, 9.17) is 9.47 Å². The lowest BCUT2D eigenvalue weighted by Crippen LogP contribution is -2.44. The van der Waals surface area contributed by atoms with Crippen molar-refractivity contribution in [2.75, 3.05) is 52.6 Å². The molecule has 122 valence electrons. The van der Waals surface area contributed by atoms with Crippen LogP contribution >= 0.6 is 0 Å². The number of ether oxygens (including phenoxy) is 2. The highest BCUT2D eigenvalue weighted by molar-refractivity contribution is 4.97. The minimum absolute atomic E-state index is 0.565. The third-order valence-electron chi connectivity index (χ3n) is 5.14. The van der Waals surface area contributed by atoms with Crippen LogP contribution in [0.1, 0.15) is 12.2 Å². The number of aromatic nitrogens is 2. The van der Waals surface area contributed by atoms with Gasteiger partial charge >= 0.3 is 0 Å². The summed E-state index contributed by atoms with van der Waals surface area (Å²) in [5, 5.41) is 0. The van der Waals surface area contributed by atoms with E-state index in [0.29, 0.717) is 12.0 Å². The monoisotopic (exact) mass is 306 g/mol. The summed E-state index contributed by atoms with van der Waals surface area (Å²) >= 11 is 0. The van der Waals surface area contributed by atoms with Crippen LogP contribution in [0.15, 0.2) is 12.4 Å². The van der Waals surface area contributed by atoms with Crippen LogP contribution in [-0.4, -0.2) is 78.0 Å². The zero-order valence-corrected chi connectivity index (χ0v) is 13.2. The lowest BCUT2D eigenvalue weighted by molar-refractivity contribution is 0.0248. The third-order valence-corrected chi connectivity index (χ3v) is 5.14. The second-order valence-electron chi connectivity index (χ2n) is 6.72. The molecule has 0 unspecified atom stereocenters. The Morgan fingerprint density at radius 2 is 2.05 bits per heavy atom. The van der Waals surface area contributed by atoms with Gasteiger partial charge in [0.2, 0.25) is 0 Å². The Morgan fingerprint density at radius 1 is 1.14 bits per heavy atom. The highest BCUT2D eigenvalue weighted by Gasteiger charge is 2.30. The van der Waals surface area contributed by atoms with Crippen LogP contribution in [0, 0.1) is 5.92 Å². The molecule has 2 saturated heterocycles. The molecule has 0 amide bonds. The van der Waals surface area contributed by atoms with Crippen molar-refractivity contribution < 1.29 is 9.47 Å². The van der Waals surface area contributed by atoms with E-state index in [1.165, 1.54) is 5.82 Å². The van der Waals surface area contributed by atoms with E-state index in [2.05, 4.69) is 25.5 Å². The molecule has 22 heavy (non-hydrogen) atoms. The van der Waals surface area contributed by atoms with E-state index in [1.807, 2.05) is 6.20 Å². The van der Waals surface area contributed by atoms with E-state index >= 15 is 0 Å². The fraction of sp³-hybridized carbons (Fsp3) is 0.812. The summed E-state index contributed by atoms with van der Waals surface area (Å²) in [5.74, 6) is 1.85. The Balaban J connectivity index is 1.47. The summed E-state index contributed by atoms with van der Waals surface area (Å²) in [4.78, 5) is 9.72. The van der Waals surface area contributed by atoms with Gasteiger partial charge in [-0.3, -0.25) is 9.80 Å². The van der Waals surface area contributed by atoms with E-state index in [9.17, 15) is 0 Å². The molecule has 0 aromatic carbocycles. The molecule has 0 aliphatic carbocycles. The van der Waals surface area contributed by atoms with Gasteiger partial charge in [-0.15, -0.1) is 0 Å². The molecule has 0 N–H and O–H groups in total. The van der Waals surface area contributed by atoms with Crippen LogP contribution in [0.4, 0.5) is 0 Å². The molecule has 0 bridgehead atoms. The zero-order chi connectivity index (χ0) is 14.8. The first-order chi connectivity index (χ1) is 10.9. The van der Waals surface area contributed by atoms with E-state index in [-0.39, 0.29) is 0 Å². The van der Waals surface area contributed by atoms with Gasteiger partial charge in [0, 0.05) is 63.7 Å². The van der Waals surface area contributed by atoms with Crippen molar-refractivity contribution >= 4 is 0 Å². The van der Waals surface area contributed by atoms with Crippen LogP contribution in [0.2, 0.25) is 0 Å². The lowest BCUT2D eigenvalue weighted by atomic mass is 10.1. The molecule has 1 aromatic rings. The molecular weight excluding hydrogens is 280 g/mol. The van der Waals surface area contributed by atoms with E-state index < -0.39 is 0 Å². The quantitative estimate of drug-likeness (QED) is 0.810. The number of morpholine rings is 1. The van der Waals surface area contributed by atoms with Gasteiger partial charge in [0.05, 0.1) is 26.4 Å². The van der Waals surface area contributed by atoms with Gasteiger partial charge in [0.15, 0.2) is 0 Å². The van der Waals surface area contributed by atoms with Crippen molar-refractivity contribution in [1.29, 1.82) is 0 Å². The van der Waals surface area contributed by atoms with E-state index in [0.717, 1.165) is 72.1 Å². The first-order valence-corrected chi connectivity index (χ1v) is 8.50. The summed E-state index contributed by atoms with van der Waals surface area (Å²) in [6.45, 7) is 10.0. The number of imidazole rings is 1. The summed E-state index contributed by atoms with van der Waals surface area (Å²) in [6.07, 6.45) is 5.23. The maximum absolute atomic E-state index is 5.61. The molecule has 2 atom stereocenters. The van der Waals surface area contributed by atoms with Crippen molar-refractivity contribution in [2.45, 2.75) is 25.6 Å². The Hall–Kier alpha value is -0.950. The normalized spacial score (nSPS) is 31.1. The molecule has 0 spiro atoms. The van der Waals surface area contributed by atoms with Gasteiger partial charge in [-0.25, -0.2) is 4.98 Å². The predicted molar refractivity (Wildman–Crippen MR) is 82.6 cm³/mol. The lowest BCUT2D eigenvalue weighted by Gasteiger charge is -2.33. The highest BCUT2D eigenvalue weighted by atomic mass is 16.5. The Morgan fingerprint density at radius 3 is 2.86 bits per heavy atom. The molecule has 4 heterocycles. The molecule has 0 radical (unpaired) electrons. The van der Waals surface area contributed by atoms with Crippen LogP contribution in [0.25, 0.3) is 0 Å². The molecule has 1 aromatic heterocycles. The highest BCUT2D eigenvalue weighted by Crippen LogP contribution is 2.22. The average Bonchev–Trinajstić information content (AvgIpc) is 3.18. The van der Waals surface area contributed by atoms with Crippen LogP contribution in [-0.2, 0) is 22.6 Å². The molecule has 2 fully saturated rings. The largest absolute Gasteiger partial charge is 0.380 e. The van der Waals surface area contributed by atoms with Gasteiger partial charge in [-0.2, -0.15) is 0 Å². The summed E-state index contributed by atoms with van der Waals surface area (Å²) < 4.78 is 13.4. The maximum atomic E-state index is 5.61. The second-order valence-corrected chi connectivity index (χ2v) is 6.72. The SMILES string of the molecule is c1cn2c(n1)CN([C@H]1CCOC1)C[C@H](CN1CCOCC1)C2. The van der Waals surface area contributed by atoms with Crippen molar-refractivity contribution in [3.63, 3.8) is 0 Å². The summed E-state index contributed by atoms with van der Waals surface area (Å²) in [7, 11) is 0. The van der Waals surface area contributed by atoms with Crippen molar-refractivity contribution in [1.82, 2.24) is 19.4 Å². The molecular formula is C16H26N4O2. The van der Waals surface area contributed by atoms with Gasteiger partial charge in [0.25, 0.3) is 0 Å². The molecule has 3 aliphatic rings. The first kappa shape index (κ1) is 14.6. The third kappa shape index (κ3) is 3.20. The number of hydrogen-bond acceptors (Lipinski definition) is 5. The zero-order valence-electron chi connectivity index (χ0n) is 13.2. The summed E-state index contributed by atoms with van der Waals surface area (Å²) in [5.41, 5.74) is 0. The standard InChI is InChI=1S/C16H26N4O2/c1-6-22-13-15(1)20-11-14(9-18-4-7-21-8-5-18)10-19-3-2-17-16(19)12-20/h2-3,14-15H,1,4-13H2/t14-,15+/m1/s1. The Bertz CT molecular complexity index is 480. The van der Waals surface area contributed by atoms with Gasteiger partial charge < -0.3 is 14.0 Å². The van der Waals surface area contributed by atoms with Crippen molar-refractivity contribution in [3.8, 4) is 0 Å². The van der Waals surface area contributed by atoms with Crippen LogP contribution < -0.4 is 0 Å². The number of hydrogen-bond donors (Lipinski definition) is 0. The Labute approximate surface area is 132 Å². The topological polar surface area (TPSA) is 42.8 Å². The second kappa shape index (κ2) is 6.66. The van der Waals surface area contributed by atoms with Crippen LogP contribution in [0.5, 0.6) is 0 Å². The summed E-state index contributed by atoms with van der Waals surface area (Å²) in [6, 6.07) is 0.565. The molecule has 6 nitrogen and oxygen atoms in total. The van der Waals surface area contributed by atoms with Crippen molar-refractivity contribution in [2.24, 2.45) is 5.92 Å². The maximum Gasteiger partial charge on any atom is 0.122 e. The van der Waals surface area contributed by atoms with Gasteiger partial charge in [-0.1, -0.05) is 0 Å². The number of nitrogens with zero attached hydrogens (tertiary/aromatic N) is 4. The molecule has 0 saturated carbocycles. The smallest absolute Gasteiger partial charge is 0.122 e. The fourth-order valence-electron chi connectivity index (χ4n) is 3.92. The van der Waals surface area contributed by atoms with Crippen molar-refractivity contribution in [3.05, 3.63) is 18.2 Å². The molecule has 6 heteroatoms. The fourth-order valence-corrected chi connectivity index (χ4v) is 3.92. The number of rotatable bonds is 3. The Kier molecular flexibility index (Phi) is 4.43. The predicted octanol–water partition coefficient (Wildman–Crippen LogP) is 0.436. The number of fused-ring (bicyclic) bond motifs is 1. The van der Waals surface area contributed by atoms with Gasteiger partial charge in [0.1, 0.15) is 5.82 Å². The first-order valence-electron chi connectivity index (χ1n) is 8.50. The minimum atomic E-state index is 0.565. The van der Waals surface area contributed by atoms with E-state index in [1.54, 1.807) is 0 Å². The van der Waals surface area contributed by atoms with Gasteiger partial charge in [-0.05, 0) is 6.42 Å².